The number of nitrogens with zero attached hydrogens (tertiary/aromatic N) is 3. The topological polar surface area (TPSA) is 79.8 Å². The maximum Gasteiger partial charge on any atom is 0.280 e. The number of hydrogen-bond donors (Lipinski definition) is 0. The summed E-state index contributed by atoms with van der Waals surface area (Å²) in [5.74, 6) is -0.710. The van der Waals surface area contributed by atoms with Gasteiger partial charge >= 0.3 is 0 Å². The zero-order valence-electron chi connectivity index (χ0n) is 15.4. The molecule has 1 atom stereocenters. The van der Waals surface area contributed by atoms with E-state index in [4.69, 9.17) is 4.74 Å². The Balaban J connectivity index is 1.30. The quantitative estimate of drug-likeness (QED) is 0.743. The third-order valence-corrected chi connectivity index (χ3v) is 5.09. The summed E-state index contributed by atoms with van der Waals surface area (Å²) in [6, 6.07) is 13.1. The molecule has 0 bridgehead atoms. The maximum atomic E-state index is 12.6. The van der Waals surface area contributed by atoms with Crippen molar-refractivity contribution in [2.75, 3.05) is 26.2 Å². The van der Waals surface area contributed by atoms with Gasteiger partial charge in [0.25, 0.3) is 11.8 Å². The van der Waals surface area contributed by atoms with Gasteiger partial charge < -0.3 is 9.64 Å². The van der Waals surface area contributed by atoms with Crippen molar-refractivity contribution in [2.24, 2.45) is 0 Å². The Labute approximate surface area is 162 Å². The van der Waals surface area contributed by atoms with Crippen LogP contribution in [0.3, 0.4) is 0 Å². The monoisotopic (exact) mass is 379 g/mol. The molecule has 1 aromatic carbocycles. The standard InChI is InChI=1S/C21H21N3O4/c25-18(23-12-13-28-17(14-23)15-6-2-1-3-7-15)9-5-11-24-20(26)16-8-4-10-22-19(16)21(24)27/h1-4,6-8,10,17H,5,9,11-14H2. The Bertz CT molecular complexity index is 865. The first-order valence-electron chi connectivity index (χ1n) is 9.40. The second kappa shape index (κ2) is 7.90. The molecule has 4 rings (SSSR count). The average molecular weight is 379 g/mol. The fourth-order valence-electron chi connectivity index (χ4n) is 3.61. The number of imide groups is 1. The third-order valence-electron chi connectivity index (χ3n) is 5.09. The van der Waals surface area contributed by atoms with Crippen LogP contribution in [0.1, 0.15) is 45.4 Å². The van der Waals surface area contributed by atoms with Gasteiger partial charge in [-0.1, -0.05) is 30.3 Å². The number of morpholine rings is 1. The van der Waals surface area contributed by atoms with E-state index in [1.165, 1.54) is 11.1 Å². The Morgan fingerprint density at radius 3 is 2.71 bits per heavy atom. The van der Waals surface area contributed by atoms with E-state index >= 15 is 0 Å². The molecule has 1 aromatic heterocycles. The van der Waals surface area contributed by atoms with E-state index < -0.39 is 0 Å². The van der Waals surface area contributed by atoms with Gasteiger partial charge in [0.05, 0.1) is 18.7 Å². The molecule has 0 saturated carbocycles. The minimum atomic E-state index is -0.386. The molecule has 1 saturated heterocycles. The van der Waals surface area contributed by atoms with Crippen LogP contribution in [0.2, 0.25) is 0 Å². The highest BCUT2D eigenvalue weighted by molar-refractivity contribution is 6.20. The van der Waals surface area contributed by atoms with Crippen LogP contribution < -0.4 is 0 Å². The van der Waals surface area contributed by atoms with Crippen molar-refractivity contribution in [3.8, 4) is 0 Å². The number of carbonyl (C=O) groups is 3. The molecule has 3 heterocycles. The molecule has 0 N–H and O–H groups in total. The van der Waals surface area contributed by atoms with Crippen LogP contribution in [0.4, 0.5) is 0 Å². The third kappa shape index (κ3) is 3.53. The Morgan fingerprint density at radius 1 is 1.11 bits per heavy atom. The Kier molecular flexibility index (Phi) is 5.16. The molecule has 28 heavy (non-hydrogen) atoms. The lowest BCUT2D eigenvalue weighted by Gasteiger charge is -2.33. The van der Waals surface area contributed by atoms with Crippen molar-refractivity contribution in [3.63, 3.8) is 0 Å². The molecule has 0 spiro atoms. The minimum absolute atomic E-state index is 0.0129. The van der Waals surface area contributed by atoms with Gasteiger partial charge in [0.15, 0.2) is 0 Å². The predicted octanol–water partition coefficient (Wildman–Crippen LogP) is 2.06. The molecular formula is C21H21N3O4. The second-order valence-electron chi connectivity index (χ2n) is 6.87. The van der Waals surface area contributed by atoms with E-state index in [0.717, 1.165) is 5.56 Å². The lowest BCUT2D eigenvalue weighted by atomic mass is 10.1. The minimum Gasteiger partial charge on any atom is -0.370 e. The average Bonchev–Trinajstić information content (AvgIpc) is 2.99. The number of rotatable bonds is 5. The van der Waals surface area contributed by atoms with Crippen LogP contribution in [0.15, 0.2) is 48.7 Å². The Hall–Kier alpha value is -3.06. The SMILES string of the molecule is O=C(CCCN1C(=O)c2cccnc2C1=O)N1CCOC(c2ccccc2)C1. The molecule has 1 fully saturated rings. The largest absolute Gasteiger partial charge is 0.370 e. The number of carbonyl (C=O) groups excluding carboxylic acids is 3. The van der Waals surface area contributed by atoms with Gasteiger partial charge in [-0.25, -0.2) is 0 Å². The summed E-state index contributed by atoms with van der Waals surface area (Å²) in [5.41, 5.74) is 1.58. The first-order chi connectivity index (χ1) is 13.6. The molecule has 2 aromatic rings. The summed E-state index contributed by atoms with van der Waals surface area (Å²) in [4.78, 5) is 44.2. The molecule has 3 amide bonds. The van der Waals surface area contributed by atoms with Crippen LogP contribution in [0.25, 0.3) is 0 Å². The van der Waals surface area contributed by atoms with Crippen molar-refractivity contribution in [1.82, 2.24) is 14.8 Å². The summed E-state index contributed by atoms with van der Waals surface area (Å²) >= 11 is 0. The number of aromatic nitrogens is 1. The molecule has 0 radical (unpaired) electrons. The molecule has 1 unspecified atom stereocenters. The van der Waals surface area contributed by atoms with Crippen LogP contribution in [0.5, 0.6) is 0 Å². The fourth-order valence-corrected chi connectivity index (χ4v) is 3.61. The van der Waals surface area contributed by atoms with Gasteiger partial charge in [0.2, 0.25) is 5.91 Å². The molecule has 2 aliphatic heterocycles. The number of ether oxygens (including phenoxy) is 1. The molecular weight excluding hydrogens is 358 g/mol. The van der Waals surface area contributed by atoms with Crippen molar-refractivity contribution in [3.05, 3.63) is 65.5 Å². The van der Waals surface area contributed by atoms with Crippen molar-refractivity contribution >= 4 is 17.7 Å². The summed E-state index contributed by atoms with van der Waals surface area (Å²) in [6.45, 7) is 1.78. The second-order valence-corrected chi connectivity index (χ2v) is 6.87. The van der Waals surface area contributed by atoms with Gasteiger partial charge in [-0.15, -0.1) is 0 Å². The molecule has 7 nitrogen and oxygen atoms in total. The van der Waals surface area contributed by atoms with E-state index in [0.29, 0.717) is 31.7 Å². The first kappa shape index (κ1) is 18.3. The number of pyridine rings is 1. The van der Waals surface area contributed by atoms with Gasteiger partial charge in [-0.2, -0.15) is 0 Å². The molecule has 0 aliphatic carbocycles. The molecule has 144 valence electrons. The van der Waals surface area contributed by atoms with Gasteiger partial charge in [0, 0.05) is 25.7 Å². The molecule has 2 aliphatic rings. The summed E-state index contributed by atoms with van der Waals surface area (Å²) in [7, 11) is 0. The van der Waals surface area contributed by atoms with E-state index in [-0.39, 0.29) is 42.5 Å². The normalized spacial score (nSPS) is 19.1. The zero-order valence-corrected chi connectivity index (χ0v) is 15.4. The van der Waals surface area contributed by atoms with Gasteiger partial charge in [-0.3, -0.25) is 24.3 Å². The van der Waals surface area contributed by atoms with E-state index in [1.54, 1.807) is 17.0 Å². The van der Waals surface area contributed by atoms with Crippen LogP contribution in [0, 0.1) is 0 Å². The smallest absolute Gasteiger partial charge is 0.280 e. The number of fused-ring (bicyclic) bond motifs is 1. The van der Waals surface area contributed by atoms with E-state index in [1.807, 2.05) is 30.3 Å². The highest BCUT2D eigenvalue weighted by Crippen LogP contribution is 2.23. The van der Waals surface area contributed by atoms with Crippen molar-refractivity contribution in [1.29, 1.82) is 0 Å². The first-order valence-corrected chi connectivity index (χ1v) is 9.40. The van der Waals surface area contributed by atoms with Crippen molar-refractivity contribution < 1.29 is 19.1 Å². The maximum absolute atomic E-state index is 12.6. The van der Waals surface area contributed by atoms with E-state index in [2.05, 4.69) is 4.98 Å². The highest BCUT2D eigenvalue weighted by atomic mass is 16.5. The van der Waals surface area contributed by atoms with Crippen LogP contribution in [-0.4, -0.2) is 58.7 Å². The van der Waals surface area contributed by atoms with E-state index in [9.17, 15) is 14.4 Å². The fraction of sp³-hybridized carbons (Fsp3) is 0.333. The van der Waals surface area contributed by atoms with Crippen LogP contribution >= 0.6 is 0 Å². The lowest BCUT2D eigenvalue weighted by molar-refractivity contribution is -0.139. The number of benzene rings is 1. The summed E-state index contributed by atoms with van der Waals surface area (Å²) in [5, 5.41) is 0. The number of hydrogen-bond acceptors (Lipinski definition) is 5. The zero-order chi connectivity index (χ0) is 19.5. The summed E-state index contributed by atoms with van der Waals surface area (Å²) < 4.78 is 5.80. The van der Waals surface area contributed by atoms with Gasteiger partial charge in [0.1, 0.15) is 11.8 Å². The van der Waals surface area contributed by atoms with Gasteiger partial charge in [-0.05, 0) is 24.1 Å². The number of amides is 3. The highest BCUT2D eigenvalue weighted by Gasteiger charge is 2.36. The predicted molar refractivity (Wildman–Crippen MR) is 101 cm³/mol. The Morgan fingerprint density at radius 2 is 1.93 bits per heavy atom. The molecule has 7 heteroatoms. The van der Waals surface area contributed by atoms with Crippen molar-refractivity contribution in [2.45, 2.75) is 18.9 Å². The summed E-state index contributed by atoms with van der Waals surface area (Å²) in [6.07, 6.45) is 2.08. The lowest BCUT2D eigenvalue weighted by Crippen LogP contribution is -2.42. The van der Waals surface area contributed by atoms with Crippen LogP contribution in [-0.2, 0) is 9.53 Å².